The van der Waals surface area contributed by atoms with Gasteiger partial charge in [-0.15, -0.1) is 0 Å². The fraction of sp³-hybridized carbons (Fsp3) is 0.628. The van der Waals surface area contributed by atoms with E-state index in [0.29, 0.717) is 19.3 Å². The Bertz CT molecular complexity index is 1180. The van der Waals surface area contributed by atoms with Crippen LogP contribution in [0.1, 0.15) is 136 Å². The summed E-state index contributed by atoms with van der Waals surface area (Å²) >= 11 is 0. The van der Waals surface area contributed by atoms with Gasteiger partial charge in [-0.05, 0) is 96.3 Å². The maximum atomic E-state index is 12.5. The minimum atomic E-state index is -4.41. The first-order chi connectivity index (χ1) is 26.2. The summed E-state index contributed by atoms with van der Waals surface area (Å²) in [4.78, 5) is 34.7. The van der Waals surface area contributed by atoms with Crippen LogP contribution in [0, 0.1) is 0 Å². The third-order valence-electron chi connectivity index (χ3n) is 7.92. The normalized spacial score (nSPS) is 14.8. The van der Waals surface area contributed by atoms with Crippen molar-refractivity contribution in [2.45, 2.75) is 148 Å². The second-order valence-electron chi connectivity index (χ2n) is 12.9. The minimum absolute atomic E-state index is 0.0299. The summed E-state index contributed by atoms with van der Waals surface area (Å²) in [6.45, 7) is 3.27. The Morgan fingerprint density at radius 3 is 1.63 bits per heavy atom. The maximum Gasteiger partial charge on any atom is 0.472 e. The van der Waals surface area contributed by atoms with Gasteiger partial charge in [0.2, 0.25) is 0 Å². The number of hydrogen-bond acceptors (Lipinski definition) is 9. The number of hydrogen-bond donors (Lipinski definition) is 3. The highest BCUT2D eigenvalue weighted by molar-refractivity contribution is 7.47. The number of rotatable bonds is 36. The van der Waals surface area contributed by atoms with E-state index >= 15 is 0 Å². The Balaban J connectivity index is 4.39. The van der Waals surface area contributed by atoms with Crippen LogP contribution >= 0.6 is 7.82 Å². The number of phosphoric ester groups is 1. The number of carbonyl (C=O) groups is 2. The lowest BCUT2D eigenvalue weighted by Crippen LogP contribution is -2.29. The first-order valence-electron chi connectivity index (χ1n) is 20.1. The second-order valence-corrected chi connectivity index (χ2v) is 14.4. The fourth-order valence-corrected chi connectivity index (χ4v) is 5.49. The van der Waals surface area contributed by atoms with Gasteiger partial charge in [-0.25, -0.2) is 4.57 Å². The van der Waals surface area contributed by atoms with Gasteiger partial charge in [-0.1, -0.05) is 112 Å². The van der Waals surface area contributed by atoms with Gasteiger partial charge in [0.1, 0.15) is 6.61 Å². The van der Waals surface area contributed by atoms with Crippen LogP contribution in [0.5, 0.6) is 0 Å². The van der Waals surface area contributed by atoms with Crippen molar-refractivity contribution in [3.8, 4) is 0 Å². The zero-order chi connectivity index (χ0) is 39.8. The fourth-order valence-electron chi connectivity index (χ4n) is 4.73. The van der Waals surface area contributed by atoms with Crippen LogP contribution in [0.2, 0.25) is 0 Å². The number of aliphatic hydroxyl groups excluding tert-OH is 1. The van der Waals surface area contributed by atoms with E-state index in [-0.39, 0.29) is 38.7 Å². The third kappa shape index (κ3) is 37.5. The topological polar surface area (TPSA) is 155 Å². The molecule has 10 nitrogen and oxygen atoms in total. The quantitative estimate of drug-likeness (QED) is 0.0242. The number of ether oxygens (including phenoxy) is 2. The molecule has 0 rings (SSSR count). The van der Waals surface area contributed by atoms with Crippen molar-refractivity contribution in [3.63, 3.8) is 0 Å². The van der Waals surface area contributed by atoms with Gasteiger partial charge in [-0.3, -0.25) is 18.6 Å². The van der Waals surface area contributed by atoms with Crippen LogP contribution in [0.3, 0.4) is 0 Å². The summed E-state index contributed by atoms with van der Waals surface area (Å²) in [5.74, 6) is -0.968. The Morgan fingerprint density at radius 1 is 0.630 bits per heavy atom. The molecule has 0 spiro atoms. The first kappa shape index (κ1) is 51.1. The molecule has 0 bridgehead atoms. The smallest absolute Gasteiger partial charge is 0.462 e. The molecule has 0 aliphatic rings. The standard InChI is InChI=1S/C43H72NO9P/c1-3-5-6-7-8-9-10-11-12-17-20-23-26-29-32-35-43(47)53-41(39-52-54(48,49)51-37-36-44)38-50-42(46)34-31-28-25-22-19-16-14-13-15-18-21-24-27-30-33-40(45)4-2/h8-9,11-12,14-16,18,20,22-25,27,40-41,45H,3-7,10,13,17,19,21,26,28-39,44H2,1-2H3,(H,48,49)/b9-8-,12-11-,16-14-,18-15-,23-20-,25-22-,27-24-/t40-,41+/m0/s1. The molecule has 0 aromatic heterocycles. The number of nitrogens with two attached hydrogens (primary N) is 1. The van der Waals surface area contributed by atoms with E-state index in [1.165, 1.54) is 19.3 Å². The molecule has 0 aliphatic heterocycles. The molecule has 4 N–H and O–H groups in total. The molecule has 0 heterocycles. The van der Waals surface area contributed by atoms with Gasteiger partial charge in [0.25, 0.3) is 0 Å². The maximum absolute atomic E-state index is 12.5. The Kier molecular flexibility index (Phi) is 36.4. The number of carbonyl (C=O) groups excluding carboxylic acids is 2. The molecule has 0 saturated heterocycles. The van der Waals surface area contributed by atoms with Gasteiger partial charge in [0, 0.05) is 19.4 Å². The third-order valence-corrected chi connectivity index (χ3v) is 8.90. The summed E-state index contributed by atoms with van der Waals surface area (Å²) in [5, 5.41) is 9.55. The molecule has 54 heavy (non-hydrogen) atoms. The van der Waals surface area contributed by atoms with E-state index in [1.807, 2.05) is 13.0 Å². The molecule has 0 aromatic rings. The zero-order valence-corrected chi connectivity index (χ0v) is 34.2. The van der Waals surface area contributed by atoms with Crippen LogP contribution in [0.4, 0.5) is 0 Å². The highest BCUT2D eigenvalue weighted by Crippen LogP contribution is 2.43. The molecule has 0 fully saturated rings. The van der Waals surface area contributed by atoms with Crippen LogP contribution in [-0.2, 0) is 32.7 Å². The summed E-state index contributed by atoms with van der Waals surface area (Å²) in [6.07, 6.45) is 44.2. The van der Waals surface area contributed by atoms with Gasteiger partial charge in [-0.2, -0.15) is 0 Å². The molecule has 11 heteroatoms. The number of unbranched alkanes of at least 4 members (excludes halogenated alkanes) is 6. The van der Waals surface area contributed by atoms with Crippen molar-refractivity contribution < 1.29 is 42.7 Å². The molecular formula is C43H72NO9P. The van der Waals surface area contributed by atoms with E-state index in [1.54, 1.807) is 0 Å². The molecule has 0 radical (unpaired) electrons. The molecule has 308 valence electrons. The molecule has 0 aromatic carbocycles. The lowest BCUT2D eigenvalue weighted by atomic mass is 10.1. The van der Waals surface area contributed by atoms with Gasteiger partial charge >= 0.3 is 19.8 Å². The van der Waals surface area contributed by atoms with Crippen molar-refractivity contribution >= 4 is 19.8 Å². The van der Waals surface area contributed by atoms with Crippen molar-refractivity contribution in [3.05, 3.63) is 85.1 Å². The highest BCUT2D eigenvalue weighted by Gasteiger charge is 2.25. The SMILES string of the molecule is CCCCC/C=C\C/C=C\C/C=C\CCCCC(=O)O[C@H](COC(=O)CCC/C=C\C/C=C\C/C=C\C/C=C\CC[C@@H](O)CC)COP(=O)(O)OCCN. The largest absolute Gasteiger partial charge is 0.472 e. The molecule has 3 atom stereocenters. The zero-order valence-electron chi connectivity index (χ0n) is 33.3. The Hall–Kier alpha value is -2.85. The number of phosphoric acid groups is 1. The monoisotopic (exact) mass is 777 g/mol. The van der Waals surface area contributed by atoms with E-state index in [2.05, 4.69) is 85.9 Å². The van der Waals surface area contributed by atoms with E-state index < -0.39 is 32.5 Å². The number of aliphatic hydroxyl groups is 1. The van der Waals surface area contributed by atoms with E-state index in [4.69, 9.17) is 24.3 Å². The second kappa shape index (κ2) is 38.4. The van der Waals surface area contributed by atoms with E-state index in [9.17, 15) is 24.2 Å². The molecule has 0 aliphatic carbocycles. The van der Waals surface area contributed by atoms with Gasteiger partial charge in [0.15, 0.2) is 6.10 Å². The molecule has 1 unspecified atom stereocenters. The van der Waals surface area contributed by atoms with Crippen molar-refractivity contribution in [2.24, 2.45) is 5.73 Å². The lowest BCUT2D eigenvalue weighted by Gasteiger charge is -2.19. The average Bonchev–Trinajstić information content (AvgIpc) is 3.16. The van der Waals surface area contributed by atoms with Crippen LogP contribution < -0.4 is 5.73 Å². The Labute approximate surface area is 326 Å². The highest BCUT2D eigenvalue weighted by atomic mass is 31.2. The van der Waals surface area contributed by atoms with Crippen LogP contribution in [0.15, 0.2) is 85.1 Å². The van der Waals surface area contributed by atoms with Crippen LogP contribution in [0.25, 0.3) is 0 Å². The predicted octanol–water partition coefficient (Wildman–Crippen LogP) is 10.2. The predicted molar refractivity (Wildman–Crippen MR) is 221 cm³/mol. The molecule has 0 saturated carbocycles. The lowest BCUT2D eigenvalue weighted by molar-refractivity contribution is -0.161. The van der Waals surface area contributed by atoms with E-state index in [0.717, 1.165) is 70.6 Å². The Morgan fingerprint density at radius 2 is 1.11 bits per heavy atom. The van der Waals surface area contributed by atoms with Crippen molar-refractivity contribution in [1.29, 1.82) is 0 Å². The summed E-state index contributed by atoms with van der Waals surface area (Å²) in [6, 6.07) is 0. The van der Waals surface area contributed by atoms with Crippen LogP contribution in [-0.4, -0.2) is 60.5 Å². The number of esters is 2. The first-order valence-corrected chi connectivity index (χ1v) is 21.6. The molecule has 0 amide bonds. The van der Waals surface area contributed by atoms with Gasteiger partial charge < -0.3 is 25.2 Å². The minimum Gasteiger partial charge on any atom is -0.462 e. The summed E-state index contributed by atoms with van der Waals surface area (Å²) < 4.78 is 32.6. The average molecular weight is 778 g/mol. The van der Waals surface area contributed by atoms with Crippen molar-refractivity contribution in [2.75, 3.05) is 26.4 Å². The molecular weight excluding hydrogens is 705 g/mol. The summed E-state index contributed by atoms with van der Waals surface area (Å²) in [5.41, 5.74) is 5.33. The van der Waals surface area contributed by atoms with Crippen molar-refractivity contribution in [1.82, 2.24) is 0 Å². The van der Waals surface area contributed by atoms with Gasteiger partial charge in [0.05, 0.1) is 19.3 Å². The number of allylic oxidation sites excluding steroid dienone is 14. The summed E-state index contributed by atoms with van der Waals surface area (Å²) in [7, 11) is -4.41.